The van der Waals surface area contributed by atoms with Crippen molar-refractivity contribution >= 4 is 23.1 Å². The minimum Gasteiger partial charge on any atom is -0.433 e. The molecule has 0 aliphatic carbocycles. The number of rotatable bonds is 6. The third-order valence-electron chi connectivity index (χ3n) is 4.84. The van der Waals surface area contributed by atoms with Gasteiger partial charge in [0.15, 0.2) is 5.84 Å². The lowest BCUT2D eigenvalue weighted by molar-refractivity contribution is -0.137. The van der Waals surface area contributed by atoms with Crippen LogP contribution in [0.25, 0.3) is 5.70 Å². The Morgan fingerprint density at radius 2 is 1.66 bits per heavy atom. The molecule has 1 heterocycles. The van der Waals surface area contributed by atoms with E-state index < -0.39 is 24.3 Å². The highest BCUT2D eigenvalue weighted by molar-refractivity contribution is 6.06. The first-order valence-corrected chi connectivity index (χ1v) is 10.0. The Labute approximate surface area is 195 Å². The average molecular weight is 489 g/mol. The Kier molecular flexibility index (Phi) is 6.67. The molecule has 1 aliphatic rings. The van der Waals surface area contributed by atoms with Crippen molar-refractivity contribution < 1.29 is 36.3 Å². The number of hydrogen-bond donors (Lipinski definition) is 2. The molecule has 1 amide bonds. The van der Waals surface area contributed by atoms with Crippen molar-refractivity contribution in [2.24, 2.45) is 4.99 Å². The van der Waals surface area contributed by atoms with Gasteiger partial charge in [0.25, 0.3) is 5.91 Å². The van der Waals surface area contributed by atoms with E-state index in [4.69, 9.17) is 4.84 Å². The van der Waals surface area contributed by atoms with Crippen molar-refractivity contribution in [1.82, 2.24) is 5.48 Å². The van der Waals surface area contributed by atoms with E-state index in [0.29, 0.717) is 5.56 Å². The van der Waals surface area contributed by atoms with E-state index in [-0.39, 0.29) is 34.1 Å². The number of aliphatic imine (C=N–C) groups is 1. The highest BCUT2D eigenvalue weighted by Gasteiger charge is 2.34. The molecule has 3 aromatic carbocycles. The van der Waals surface area contributed by atoms with E-state index >= 15 is 0 Å². The number of hydroxylamine groups is 1. The van der Waals surface area contributed by atoms with Gasteiger partial charge in [-0.1, -0.05) is 42.5 Å². The molecule has 0 saturated carbocycles. The Bertz CT molecular complexity index is 1290. The first-order chi connectivity index (χ1) is 16.7. The van der Waals surface area contributed by atoms with Crippen molar-refractivity contribution in [3.8, 4) is 5.75 Å². The number of halogens is 5. The van der Waals surface area contributed by atoms with E-state index in [1.807, 2.05) is 0 Å². The zero-order valence-electron chi connectivity index (χ0n) is 17.6. The highest BCUT2D eigenvalue weighted by atomic mass is 19.4. The lowest BCUT2D eigenvalue weighted by atomic mass is 10.0. The monoisotopic (exact) mass is 489 g/mol. The van der Waals surface area contributed by atoms with Gasteiger partial charge >= 0.3 is 12.8 Å². The molecule has 0 fully saturated rings. The zero-order chi connectivity index (χ0) is 25.0. The van der Waals surface area contributed by atoms with E-state index in [2.05, 4.69) is 20.5 Å². The average Bonchev–Trinajstić information content (AvgIpc) is 2.84. The number of benzene rings is 3. The van der Waals surface area contributed by atoms with E-state index in [9.17, 15) is 26.7 Å². The summed E-state index contributed by atoms with van der Waals surface area (Å²) in [7, 11) is 0. The predicted molar refractivity (Wildman–Crippen MR) is 118 cm³/mol. The van der Waals surface area contributed by atoms with Crippen molar-refractivity contribution in [1.29, 1.82) is 0 Å². The summed E-state index contributed by atoms with van der Waals surface area (Å²) in [6, 6.07) is 16.6. The van der Waals surface area contributed by atoms with Crippen LogP contribution in [0.15, 0.2) is 84.1 Å². The minimum atomic E-state index is -4.58. The van der Waals surface area contributed by atoms with Crippen LogP contribution in [-0.4, -0.2) is 18.4 Å². The van der Waals surface area contributed by atoms with E-state index in [0.717, 1.165) is 12.3 Å². The summed E-state index contributed by atoms with van der Waals surface area (Å²) in [6.45, 7) is -3.06. The summed E-state index contributed by atoms with van der Waals surface area (Å²) >= 11 is 0. The second-order valence-corrected chi connectivity index (χ2v) is 7.13. The largest absolute Gasteiger partial charge is 0.433 e. The number of para-hydroxylation sites is 2. The van der Waals surface area contributed by atoms with Crippen molar-refractivity contribution in [2.75, 3.05) is 5.32 Å². The maximum atomic E-state index is 13.4. The van der Waals surface area contributed by atoms with Gasteiger partial charge in [-0.2, -0.15) is 22.0 Å². The van der Waals surface area contributed by atoms with Crippen LogP contribution in [0.1, 0.15) is 27.0 Å². The third kappa shape index (κ3) is 5.57. The number of carbonyl (C=O) groups excluding carboxylic acids is 1. The van der Waals surface area contributed by atoms with Gasteiger partial charge < -0.3 is 14.9 Å². The van der Waals surface area contributed by atoms with Crippen LogP contribution >= 0.6 is 0 Å². The first kappa shape index (κ1) is 23.7. The second kappa shape index (κ2) is 9.84. The van der Waals surface area contributed by atoms with Gasteiger partial charge in [-0.15, -0.1) is 0 Å². The summed E-state index contributed by atoms with van der Waals surface area (Å²) in [5.41, 5.74) is 2.14. The lowest BCUT2D eigenvalue weighted by Crippen LogP contribution is -2.26. The van der Waals surface area contributed by atoms with Gasteiger partial charge in [0, 0.05) is 16.7 Å². The molecule has 180 valence electrons. The number of nitrogens with zero attached hydrogens (tertiary/aromatic N) is 1. The number of nitrogens with one attached hydrogen (secondary N) is 2. The molecule has 35 heavy (non-hydrogen) atoms. The summed E-state index contributed by atoms with van der Waals surface area (Å²) in [5, 5.41) is 2.50. The molecular formula is C24H16F5N3O3. The summed E-state index contributed by atoms with van der Waals surface area (Å²) in [6.07, 6.45) is -3.51. The van der Waals surface area contributed by atoms with Gasteiger partial charge in [0.2, 0.25) is 0 Å². The Morgan fingerprint density at radius 1 is 0.971 bits per heavy atom. The number of alkyl halides is 5. The summed E-state index contributed by atoms with van der Waals surface area (Å²) < 4.78 is 69.7. The molecule has 0 spiro atoms. The molecule has 0 bridgehead atoms. The molecule has 11 heteroatoms. The number of amides is 1. The lowest BCUT2D eigenvalue weighted by Gasteiger charge is -2.18. The van der Waals surface area contributed by atoms with Crippen LogP contribution in [0.3, 0.4) is 0 Å². The van der Waals surface area contributed by atoms with Gasteiger partial charge in [-0.3, -0.25) is 4.79 Å². The molecule has 0 radical (unpaired) electrons. The minimum absolute atomic E-state index is 0.0378. The van der Waals surface area contributed by atoms with Gasteiger partial charge in [-0.05, 0) is 30.3 Å². The summed E-state index contributed by atoms with van der Waals surface area (Å²) in [5.74, 6) is -0.651. The molecule has 0 aromatic heterocycles. The quantitative estimate of drug-likeness (QED) is 0.427. The van der Waals surface area contributed by atoms with Gasteiger partial charge in [0.05, 0.1) is 11.3 Å². The van der Waals surface area contributed by atoms with Crippen molar-refractivity contribution in [3.05, 3.63) is 101 Å². The Morgan fingerprint density at radius 3 is 2.37 bits per heavy atom. The molecule has 3 aromatic rings. The molecule has 0 unspecified atom stereocenters. The fourth-order valence-corrected chi connectivity index (χ4v) is 3.25. The Hall–Kier alpha value is -4.41. The number of amidine groups is 1. The summed E-state index contributed by atoms with van der Waals surface area (Å²) in [4.78, 5) is 21.9. The number of anilines is 1. The van der Waals surface area contributed by atoms with Crippen LogP contribution in [0.4, 0.5) is 27.6 Å². The van der Waals surface area contributed by atoms with Crippen LogP contribution in [0, 0.1) is 0 Å². The molecule has 1 aliphatic heterocycles. The number of hydrogen-bond acceptors (Lipinski definition) is 5. The topological polar surface area (TPSA) is 72.0 Å². The molecule has 6 nitrogen and oxygen atoms in total. The van der Waals surface area contributed by atoms with Crippen molar-refractivity contribution in [3.63, 3.8) is 0 Å². The molecule has 4 rings (SSSR count). The highest BCUT2D eigenvalue weighted by Crippen LogP contribution is 2.36. The molecule has 2 N–H and O–H groups in total. The number of ether oxygens (including phenoxy) is 1. The maximum Gasteiger partial charge on any atom is 0.417 e. The third-order valence-corrected chi connectivity index (χ3v) is 4.84. The molecule has 0 saturated heterocycles. The van der Waals surface area contributed by atoms with Crippen LogP contribution in [-0.2, 0) is 11.0 Å². The Balaban J connectivity index is 1.53. The van der Waals surface area contributed by atoms with Gasteiger partial charge in [0.1, 0.15) is 17.7 Å². The maximum absolute atomic E-state index is 13.4. The number of carbonyl (C=O) groups is 1. The molecular weight excluding hydrogens is 473 g/mol. The predicted octanol–water partition coefficient (Wildman–Crippen LogP) is 5.84. The fourth-order valence-electron chi connectivity index (χ4n) is 3.25. The smallest absolute Gasteiger partial charge is 0.417 e. The van der Waals surface area contributed by atoms with Crippen LogP contribution in [0.5, 0.6) is 5.75 Å². The van der Waals surface area contributed by atoms with Crippen LogP contribution < -0.4 is 15.5 Å². The molecule has 0 atom stereocenters. The zero-order valence-corrected chi connectivity index (χ0v) is 17.6. The van der Waals surface area contributed by atoms with E-state index in [1.165, 1.54) is 60.7 Å². The van der Waals surface area contributed by atoms with Gasteiger partial charge in [-0.25, -0.2) is 10.5 Å². The normalized spacial score (nSPS) is 13.3. The SMILES string of the molecule is O=C(Nc1ccccc1OC(F)F)c1ccc(C2=NC(c3ccccc3C(F)(F)F)=CON2)cc1. The standard InChI is InChI=1S/C24H16F5N3O3/c25-23(26)35-20-8-4-3-7-18(20)31-22(33)15-11-9-14(10-12-15)21-30-19(13-34-32-21)16-5-1-2-6-17(16)24(27,28)29/h1-13,23H,(H,30,32)(H,31,33). The first-order valence-electron chi connectivity index (χ1n) is 10.0. The van der Waals surface area contributed by atoms with Crippen LogP contribution in [0.2, 0.25) is 0 Å². The second-order valence-electron chi connectivity index (χ2n) is 7.13. The van der Waals surface area contributed by atoms with E-state index in [1.54, 1.807) is 6.07 Å². The fraction of sp³-hybridized carbons (Fsp3) is 0.0833. The van der Waals surface area contributed by atoms with Crippen molar-refractivity contribution in [2.45, 2.75) is 12.8 Å².